The number of rotatable bonds is 16. The number of sulfonamides is 4. The molecule has 0 bridgehead atoms. The molecule has 0 unspecified atom stereocenters. The van der Waals surface area contributed by atoms with E-state index in [9.17, 15) is 52.8 Å². The molecule has 0 aliphatic carbocycles. The normalized spacial score (nSPS) is 15.4. The second-order valence-corrected chi connectivity index (χ2v) is 38.6. The molecule has 4 amide bonds. The molecular formula is C88H71Cl5N16O16S4. The van der Waals surface area contributed by atoms with Crippen LogP contribution in [0.3, 0.4) is 0 Å². The van der Waals surface area contributed by atoms with Crippen molar-refractivity contribution in [1.29, 1.82) is 0 Å². The Morgan fingerprint density at radius 2 is 0.884 bits per heavy atom. The average Bonchev–Trinajstić information content (AvgIpc) is 1.78. The molecule has 658 valence electrons. The molecule has 129 heavy (non-hydrogen) atoms. The molecule has 0 atom stereocenters. The number of carbonyl (C=O) groups excluding carboxylic acids is 4. The molecule has 18 rings (SSSR count). The van der Waals surface area contributed by atoms with Crippen molar-refractivity contribution in [3.05, 3.63) is 314 Å². The van der Waals surface area contributed by atoms with Crippen LogP contribution in [0.25, 0.3) is 66.4 Å². The highest BCUT2D eigenvalue weighted by molar-refractivity contribution is 7.93. The minimum atomic E-state index is -3.50. The number of nitrogens with zero attached hydrogens (tertiary/aromatic N) is 11. The molecule has 10 heterocycles. The summed E-state index contributed by atoms with van der Waals surface area (Å²) in [4.78, 5) is 75.1. The molecule has 4 fully saturated rings. The second kappa shape index (κ2) is 39.7. The van der Waals surface area contributed by atoms with E-state index in [1.54, 1.807) is 175 Å². The van der Waals surface area contributed by atoms with Crippen molar-refractivity contribution < 1.29 is 71.8 Å². The minimum Gasteiger partial charge on any atom is -0.360 e. The van der Waals surface area contributed by atoms with Crippen molar-refractivity contribution in [3.8, 4) is 45.0 Å². The summed E-state index contributed by atoms with van der Waals surface area (Å²) in [7, 11) is -13.7. The molecule has 6 aromatic heterocycles. The molecule has 4 aliphatic rings. The third-order valence-electron chi connectivity index (χ3n) is 20.1. The van der Waals surface area contributed by atoms with E-state index < -0.39 is 46.0 Å². The van der Waals surface area contributed by atoms with Crippen LogP contribution >= 0.6 is 58.0 Å². The van der Waals surface area contributed by atoms with Crippen molar-refractivity contribution in [3.63, 3.8) is 0 Å². The quantitative estimate of drug-likeness (QED) is 0.0561. The van der Waals surface area contributed by atoms with E-state index in [4.69, 9.17) is 83.5 Å². The summed E-state index contributed by atoms with van der Waals surface area (Å²) in [6.45, 7) is 7.60. The van der Waals surface area contributed by atoms with E-state index in [1.165, 1.54) is 43.6 Å². The highest BCUT2D eigenvalue weighted by Crippen LogP contribution is 2.38. The smallest absolute Gasteiger partial charge is 0.257 e. The van der Waals surface area contributed by atoms with Gasteiger partial charge in [0.05, 0.1) is 149 Å². The zero-order valence-electron chi connectivity index (χ0n) is 67.2. The van der Waals surface area contributed by atoms with Crippen LogP contribution < -0.4 is 38.5 Å². The molecule has 8 aromatic carbocycles. The van der Waals surface area contributed by atoms with Crippen LogP contribution in [0, 0.1) is 6.57 Å². The van der Waals surface area contributed by atoms with Crippen LogP contribution in [0.2, 0.25) is 25.1 Å². The number of aromatic nitrogens is 7. The van der Waals surface area contributed by atoms with Gasteiger partial charge in [0, 0.05) is 86.5 Å². The minimum absolute atomic E-state index is 0.0284. The fraction of sp³-hybridized carbons (Fsp3) is 0.136. The zero-order valence-corrected chi connectivity index (χ0v) is 74.3. The monoisotopic (exact) mass is 1910 g/mol. The fourth-order valence-corrected chi connectivity index (χ4v) is 19.3. The number of ether oxygens (including phenoxy) is 4. The first-order chi connectivity index (χ1) is 62.0. The maximum atomic E-state index is 12.9. The van der Waals surface area contributed by atoms with Gasteiger partial charge in [-0.05, 0) is 212 Å². The maximum Gasteiger partial charge on any atom is 0.257 e. The topological polar surface area (TPSA) is 392 Å². The van der Waals surface area contributed by atoms with Crippen molar-refractivity contribution >= 4 is 189 Å². The number of benzene rings is 8. The Hall–Kier alpha value is -13.0. The summed E-state index contributed by atoms with van der Waals surface area (Å²) >= 11 is 31.3. The summed E-state index contributed by atoms with van der Waals surface area (Å²) in [6, 6.07) is 62.0. The first-order valence-corrected chi connectivity index (χ1v) is 47.2. The second-order valence-electron chi connectivity index (χ2n) is 28.5. The number of aromatic amines is 1. The predicted octanol–water partition coefficient (Wildman–Crippen LogP) is 16.4. The first-order valence-electron chi connectivity index (χ1n) is 38.9. The van der Waals surface area contributed by atoms with Gasteiger partial charge in [-0.2, -0.15) is 5.10 Å². The number of hydrogen-bond acceptors (Lipinski definition) is 21. The van der Waals surface area contributed by atoms with Gasteiger partial charge in [0.25, 0.3) is 23.6 Å². The Balaban J connectivity index is 0.000000132. The van der Waals surface area contributed by atoms with Crippen molar-refractivity contribution in [2.24, 2.45) is 0 Å². The Kier molecular flexibility index (Phi) is 28.0. The summed E-state index contributed by atoms with van der Waals surface area (Å²) in [5.41, 5.74) is 13.4. The molecule has 0 spiro atoms. The molecule has 32 nitrogen and oxygen atoms in total. The Morgan fingerprint density at radius 1 is 0.419 bits per heavy atom. The number of halogens is 5. The number of amides is 4. The largest absolute Gasteiger partial charge is 0.360 e. The fourth-order valence-electron chi connectivity index (χ4n) is 13.4. The van der Waals surface area contributed by atoms with Gasteiger partial charge >= 0.3 is 0 Å². The molecule has 4 saturated heterocycles. The molecule has 4 aliphatic heterocycles. The van der Waals surface area contributed by atoms with Gasteiger partial charge in [-0.25, -0.2) is 70.2 Å². The zero-order chi connectivity index (χ0) is 90.7. The van der Waals surface area contributed by atoms with Crippen LogP contribution in [0.4, 0.5) is 51.2 Å². The lowest BCUT2D eigenvalue weighted by molar-refractivity contribution is 0.101. The Labute approximate surface area is 764 Å². The first kappa shape index (κ1) is 90.8. The summed E-state index contributed by atoms with van der Waals surface area (Å²) < 4.78 is 125. The maximum absolute atomic E-state index is 12.9. The summed E-state index contributed by atoms with van der Waals surface area (Å²) in [6.07, 6.45) is 8.14. The van der Waals surface area contributed by atoms with E-state index >= 15 is 0 Å². The third kappa shape index (κ3) is 21.7. The van der Waals surface area contributed by atoms with Crippen LogP contribution in [0.1, 0.15) is 41.4 Å². The molecule has 0 radical (unpaired) electrons. The number of nitrogens with one attached hydrogen (secondary N) is 5. The third-order valence-corrected chi connectivity index (χ3v) is 28.3. The Morgan fingerprint density at radius 3 is 1.37 bits per heavy atom. The Bertz CT molecular complexity index is 7150. The van der Waals surface area contributed by atoms with E-state index in [0.717, 1.165) is 32.1 Å². The van der Waals surface area contributed by atoms with Gasteiger partial charge in [0.2, 0.25) is 40.1 Å². The van der Waals surface area contributed by atoms with Gasteiger partial charge < -0.3 is 45.2 Å². The number of pyridine rings is 3. The average molecular weight is 1910 g/mol. The van der Waals surface area contributed by atoms with Crippen LogP contribution in [-0.2, 0) is 59.0 Å². The molecule has 14 aromatic rings. The highest BCUT2D eigenvalue weighted by atomic mass is 35.5. The van der Waals surface area contributed by atoms with Gasteiger partial charge in [-0.1, -0.05) is 70.1 Å². The van der Waals surface area contributed by atoms with Gasteiger partial charge in [-0.15, -0.1) is 0 Å². The number of H-pyrrole nitrogens is 1. The molecule has 41 heteroatoms. The number of hydrogen-bond donors (Lipinski definition) is 5. The molecule has 0 saturated carbocycles. The molecule has 5 N–H and O–H groups in total. The van der Waals surface area contributed by atoms with E-state index in [1.807, 2.05) is 54.7 Å². The van der Waals surface area contributed by atoms with Gasteiger partial charge in [-0.3, -0.25) is 29.1 Å². The lowest BCUT2D eigenvalue weighted by Gasteiger charge is -2.28. The SMILES string of the molecule is O=C(Nc1ccc(Cl)c(-c2ccc3[nH]ccc3n2)c1)c1ccc(N2COCCS2(=O)=O)cc1.O=C(Nc1ccc(Cl)c(-c2ncnn3cccc23)c1)c1ccc(N2COCCS2(=O)=O)cc1Cl.O=C(Nc1cccc(-c2ccc(Cl)cn2)c1)c1ccc(N2COCCS2(=O)=O)cc1.[C-]#[N+]c1ccnc(-c2cc(NC(=O)c3ccc(N4COCCS4(=O)=O)cc3)ccc2Cl)c1. The highest BCUT2D eigenvalue weighted by Gasteiger charge is 2.32. The van der Waals surface area contributed by atoms with Crippen molar-refractivity contribution in [1.82, 2.24) is 34.5 Å². The van der Waals surface area contributed by atoms with E-state index in [2.05, 4.69) is 56.1 Å². The van der Waals surface area contributed by atoms with Crippen LogP contribution in [0.5, 0.6) is 0 Å². The van der Waals surface area contributed by atoms with Crippen molar-refractivity contribution in [2.45, 2.75) is 0 Å². The number of anilines is 8. The van der Waals surface area contributed by atoms with Gasteiger partial charge in [0.1, 0.15) is 33.3 Å². The lowest BCUT2D eigenvalue weighted by Crippen LogP contribution is -2.41. The summed E-state index contributed by atoms with van der Waals surface area (Å²) in [5.74, 6) is -1.80. The molecular weight excluding hydrogens is 1840 g/mol. The lowest BCUT2D eigenvalue weighted by atomic mass is 10.1. The standard InChI is InChI=1S/C23H19ClN4O4S.C22H17Cl2N5O4S.C22H17ClN4O4S.C21H18ClN3O4S/c24-19-6-3-16(13-18(19)20-7-8-21-22(27-20)9-10-25-21)26-23(29)15-1-4-17(5-2-15)28-14-32-11-12-33(28,30)31;23-18-6-3-14(10-17(18)21-20-2-1-7-28(20)26-12-25-21)27-22(30)16-5-4-15(11-19(16)24)29-13-33-8-9-34(29,31)32;1-24-16-8-9-25-21(13-16)19-12-17(4-7-20(19)23)26-22(28)15-2-5-18(6-3-15)27-14-31-10-11-32(27,29)30;22-17-6-9-20(23-13-17)16-2-1-3-18(12-16)24-21(26)15-4-7-19(8-5-15)25-14-29-10-11-30(25,27)28/h1-10,13,25H,11-12,14H2,(H,26,29);1-7,10-12H,8-9,13H2,(H,27,30);2-9,12-13H,10-11,14H2,(H,26,28);1-9,12-13H,10-11,14H2,(H,24,26). The number of fused-ring (bicyclic) bond motifs is 2. The van der Waals surface area contributed by atoms with E-state index in [-0.39, 0.29) is 105 Å². The van der Waals surface area contributed by atoms with Crippen LogP contribution in [-0.4, -0.2) is 168 Å². The van der Waals surface area contributed by atoms with Crippen LogP contribution in [0.15, 0.2) is 256 Å². The summed E-state index contributed by atoms with van der Waals surface area (Å²) in [5, 5.41) is 17.5. The predicted molar refractivity (Wildman–Crippen MR) is 497 cm³/mol. The number of carbonyl (C=O) groups is 4. The van der Waals surface area contributed by atoms with E-state index in [0.29, 0.717) is 122 Å². The van der Waals surface area contributed by atoms with Gasteiger partial charge in [0.15, 0.2) is 5.69 Å². The van der Waals surface area contributed by atoms with Crippen molar-refractivity contribution in [2.75, 3.05) is 115 Å².